The first-order valence-electron chi connectivity index (χ1n) is 7.75. The van der Waals surface area contributed by atoms with E-state index in [9.17, 15) is 13.2 Å². The van der Waals surface area contributed by atoms with Crippen molar-refractivity contribution in [1.82, 2.24) is 4.90 Å². The third kappa shape index (κ3) is 3.01. The van der Waals surface area contributed by atoms with Crippen LogP contribution in [0.25, 0.3) is 0 Å². The molecule has 0 spiro atoms. The topological polar surface area (TPSA) is 63.7 Å². The second kappa shape index (κ2) is 6.65. The molecule has 2 aromatic rings. The lowest BCUT2D eigenvalue weighted by Gasteiger charge is -2.18. The second-order valence-electron chi connectivity index (χ2n) is 5.72. The summed E-state index contributed by atoms with van der Waals surface area (Å²) in [6.07, 6.45) is 0.443. The van der Waals surface area contributed by atoms with E-state index in [1.807, 2.05) is 0 Å². The van der Waals surface area contributed by atoms with Crippen molar-refractivity contribution in [3.8, 4) is 5.75 Å². The van der Waals surface area contributed by atoms with Crippen LogP contribution in [0.1, 0.15) is 16.8 Å². The Kier molecular flexibility index (Phi) is 4.57. The van der Waals surface area contributed by atoms with Gasteiger partial charge in [0.25, 0.3) is 5.91 Å². The number of para-hydroxylation sites is 1. The number of carbonyl (C=O) groups excluding carboxylic acids is 1. The number of benzene rings is 2. The highest BCUT2D eigenvalue weighted by Crippen LogP contribution is 2.27. The maximum absolute atomic E-state index is 12.7. The van der Waals surface area contributed by atoms with Gasteiger partial charge in [-0.15, -0.1) is 0 Å². The maximum Gasteiger partial charge on any atom is 0.257 e. The highest BCUT2D eigenvalue weighted by molar-refractivity contribution is 7.92. The van der Waals surface area contributed by atoms with Crippen molar-refractivity contribution >= 4 is 15.7 Å². The Morgan fingerprint density at radius 1 is 1.08 bits per heavy atom. The van der Waals surface area contributed by atoms with Crippen LogP contribution >= 0.6 is 0 Å². The number of ether oxygens (including phenoxy) is 1. The summed E-state index contributed by atoms with van der Waals surface area (Å²) >= 11 is 0. The Bertz CT molecular complexity index is 833. The zero-order valence-corrected chi connectivity index (χ0v) is 14.2. The Morgan fingerprint density at radius 2 is 1.75 bits per heavy atom. The fourth-order valence-corrected chi connectivity index (χ4v) is 4.67. The molecule has 1 aliphatic rings. The summed E-state index contributed by atoms with van der Waals surface area (Å²) < 4.78 is 30.6. The van der Waals surface area contributed by atoms with Crippen LogP contribution < -0.4 is 4.74 Å². The molecule has 0 N–H and O–H groups in total. The van der Waals surface area contributed by atoms with E-state index in [0.717, 1.165) is 0 Å². The van der Waals surface area contributed by atoms with Crippen molar-refractivity contribution in [1.29, 1.82) is 0 Å². The molecule has 1 aliphatic heterocycles. The molecule has 1 atom stereocenters. The zero-order chi connectivity index (χ0) is 17.2. The van der Waals surface area contributed by atoms with Gasteiger partial charge in [0.05, 0.1) is 22.8 Å². The molecule has 1 unspecified atom stereocenters. The lowest BCUT2D eigenvalue weighted by Crippen LogP contribution is -2.32. The van der Waals surface area contributed by atoms with E-state index in [4.69, 9.17) is 4.74 Å². The zero-order valence-electron chi connectivity index (χ0n) is 13.4. The van der Waals surface area contributed by atoms with Crippen molar-refractivity contribution < 1.29 is 17.9 Å². The summed E-state index contributed by atoms with van der Waals surface area (Å²) in [5.74, 6) is 0.301. The first kappa shape index (κ1) is 16.5. The molecular weight excluding hydrogens is 326 g/mol. The highest BCUT2D eigenvalue weighted by atomic mass is 32.2. The monoisotopic (exact) mass is 345 g/mol. The normalized spacial score (nSPS) is 17.7. The molecule has 126 valence electrons. The van der Waals surface area contributed by atoms with Crippen molar-refractivity contribution in [2.75, 3.05) is 20.2 Å². The fraction of sp³-hybridized carbons (Fsp3) is 0.278. The van der Waals surface area contributed by atoms with E-state index in [2.05, 4.69) is 0 Å². The number of hydrogen-bond acceptors (Lipinski definition) is 4. The van der Waals surface area contributed by atoms with E-state index < -0.39 is 15.1 Å². The molecule has 0 saturated carbocycles. The molecular formula is C18H19NO4S. The summed E-state index contributed by atoms with van der Waals surface area (Å²) in [4.78, 5) is 14.6. The first-order valence-corrected chi connectivity index (χ1v) is 9.30. The van der Waals surface area contributed by atoms with E-state index in [0.29, 0.717) is 29.2 Å². The van der Waals surface area contributed by atoms with Gasteiger partial charge in [-0.2, -0.15) is 0 Å². The molecule has 24 heavy (non-hydrogen) atoms. The lowest BCUT2D eigenvalue weighted by atomic mass is 10.2. The molecule has 5 nitrogen and oxygen atoms in total. The Hall–Kier alpha value is -2.34. The predicted molar refractivity (Wildman–Crippen MR) is 90.9 cm³/mol. The van der Waals surface area contributed by atoms with Gasteiger partial charge in [0.2, 0.25) is 0 Å². The van der Waals surface area contributed by atoms with E-state index in [1.165, 1.54) is 7.11 Å². The smallest absolute Gasteiger partial charge is 0.257 e. The summed E-state index contributed by atoms with van der Waals surface area (Å²) in [5, 5.41) is -0.571. The standard InChI is InChI=1S/C18H19NO4S/c1-23-17-10-6-5-9-16(17)18(20)19-12-11-15(13-19)24(21,22)14-7-3-2-4-8-14/h2-10,15H,11-13H2,1H3. The van der Waals surface area contributed by atoms with Gasteiger partial charge >= 0.3 is 0 Å². The van der Waals surface area contributed by atoms with Crippen LogP contribution in [0.2, 0.25) is 0 Å². The quantitative estimate of drug-likeness (QED) is 0.853. The summed E-state index contributed by atoms with van der Waals surface area (Å²) in [6, 6.07) is 15.4. The predicted octanol–water partition coefficient (Wildman–Crippen LogP) is 2.38. The van der Waals surface area contributed by atoms with Crippen LogP contribution in [0.15, 0.2) is 59.5 Å². The first-order chi connectivity index (χ1) is 11.5. The molecule has 1 saturated heterocycles. The minimum Gasteiger partial charge on any atom is -0.496 e. The highest BCUT2D eigenvalue weighted by Gasteiger charge is 2.36. The minimum absolute atomic E-state index is 0.196. The third-order valence-electron chi connectivity index (χ3n) is 4.28. The molecule has 0 aliphatic carbocycles. The van der Waals surface area contributed by atoms with Gasteiger partial charge in [0.15, 0.2) is 9.84 Å². The molecule has 0 bridgehead atoms. The van der Waals surface area contributed by atoms with Gasteiger partial charge in [-0.3, -0.25) is 4.79 Å². The molecule has 1 fully saturated rings. The summed E-state index contributed by atoms with van der Waals surface area (Å²) in [6.45, 7) is 0.627. The number of amides is 1. The number of rotatable bonds is 4. The largest absolute Gasteiger partial charge is 0.496 e. The van der Waals surface area contributed by atoms with Gasteiger partial charge in [-0.25, -0.2) is 8.42 Å². The number of likely N-dealkylation sites (tertiary alicyclic amines) is 1. The van der Waals surface area contributed by atoms with Gasteiger partial charge < -0.3 is 9.64 Å². The van der Waals surface area contributed by atoms with Gasteiger partial charge in [0.1, 0.15) is 5.75 Å². The van der Waals surface area contributed by atoms with Crippen LogP contribution in [0.3, 0.4) is 0 Å². The molecule has 0 aromatic heterocycles. The van der Waals surface area contributed by atoms with Crippen molar-refractivity contribution in [2.45, 2.75) is 16.6 Å². The number of methoxy groups -OCH3 is 1. The lowest BCUT2D eigenvalue weighted by molar-refractivity contribution is 0.0790. The van der Waals surface area contributed by atoms with E-state index >= 15 is 0 Å². The number of nitrogens with zero attached hydrogens (tertiary/aromatic N) is 1. The fourth-order valence-electron chi connectivity index (χ4n) is 2.96. The average molecular weight is 345 g/mol. The van der Waals surface area contributed by atoms with Crippen LogP contribution in [-0.2, 0) is 9.84 Å². The average Bonchev–Trinajstić information content (AvgIpc) is 3.13. The van der Waals surface area contributed by atoms with E-state index in [-0.39, 0.29) is 12.5 Å². The van der Waals surface area contributed by atoms with Crippen LogP contribution in [-0.4, -0.2) is 44.7 Å². The van der Waals surface area contributed by atoms with Crippen LogP contribution in [0.4, 0.5) is 0 Å². The molecule has 1 amide bonds. The van der Waals surface area contributed by atoms with Gasteiger partial charge in [-0.1, -0.05) is 30.3 Å². The molecule has 2 aromatic carbocycles. The van der Waals surface area contributed by atoms with E-state index in [1.54, 1.807) is 59.5 Å². The molecule has 3 rings (SSSR count). The number of carbonyl (C=O) groups is 1. The third-order valence-corrected chi connectivity index (χ3v) is 6.47. The van der Waals surface area contributed by atoms with Crippen LogP contribution in [0, 0.1) is 0 Å². The van der Waals surface area contributed by atoms with Crippen LogP contribution in [0.5, 0.6) is 5.75 Å². The van der Waals surface area contributed by atoms with Crippen molar-refractivity contribution in [3.05, 3.63) is 60.2 Å². The van der Waals surface area contributed by atoms with Gasteiger partial charge in [0, 0.05) is 13.1 Å². The Labute approximate surface area is 141 Å². The Balaban J connectivity index is 1.79. The molecule has 1 heterocycles. The van der Waals surface area contributed by atoms with Gasteiger partial charge in [-0.05, 0) is 30.7 Å². The Morgan fingerprint density at radius 3 is 2.46 bits per heavy atom. The SMILES string of the molecule is COc1ccccc1C(=O)N1CCC(S(=O)(=O)c2ccccc2)C1. The second-order valence-corrected chi connectivity index (χ2v) is 7.95. The maximum atomic E-state index is 12.7. The van der Waals surface area contributed by atoms with Crippen molar-refractivity contribution in [3.63, 3.8) is 0 Å². The number of hydrogen-bond donors (Lipinski definition) is 0. The summed E-state index contributed by atoms with van der Waals surface area (Å²) in [5.41, 5.74) is 0.456. The number of sulfone groups is 1. The molecule has 0 radical (unpaired) electrons. The minimum atomic E-state index is -3.43. The van der Waals surface area contributed by atoms with Crippen molar-refractivity contribution in [2.24, 2.45) is 0 Å². The molecule has 6 heteroatoms. The summed E-state index contributed by atoms with van der Waals surface area (Å²) in [7, 11) is -1.92.